The van der Waals surface area contributed by atoms with Crippen LogP contribution < -0.4 is 20.9 Å². The summed E-state index contributed by atoms with van der Waals surface area (Å²) >= 11 is 0. The van der Waals surface area contributed by atoms with Crippen LogP contribution in [-0.4, -0.2) is 39.6 Å². The van der Waals surface area contributed by atoms with Gasteiger partial charge in [0.1, 0.15) is 11.3 Å². The number of carbonyl (C=O) groups is 1. The lowest BCUT2D eigenvalue weighted by Crippen LogP contribution is -2.17. The van der Waals surface area contributed by atoms with Gasteiger partial charge in [0.2, 0.25) is 0 Å². The summed E-state index contributed by atoms with van der Waals surface area (Å²) in [5.74, 6) is 0.973. The van der Waals surface area contributed by atoms with Gasteiger partial charge in [-0.05, 0) is 18.1 Å². The Labute approximate surface area is 155 Å². The number of fused-ring (bicyclic) bond motifs is 1. The molecule has 0 radical (unpaired) electrons. The van der Waals surface area contributed by atoms with Gasteiger partial charge < -0.3 is 20.2 Å². The van der Waals surface area contributed by atoms with Crippen LogP contribution in [0.25, 0.3) is 16.9 Å². The Morgan fingerprint density at radius 1 is 1.22 bits per heavy atom. The molecular formula is C18H21N5O4. The maximum Gasteiger partial charge on any atom is 0.332 e. The second-order valence-electron chi connectivity index (χ2n) is 6.45. The Balaban J connectivity index is 2.30. The Morgan fingerprint density at radius 2 is 1.93 bits per heavy atom. The number of nitrogens with one attached hydrogen (secondary N) is 1. The Hall–Kier alpha value is -3.36. The summed E-state index contributed by atoms with van der Waals surface area (Å²) in [6.45, 7) is 4.02. The molecule has 0 spiro atoms. The topological polar surface area (TPSA) is 125 Å². The monoisotopic (exact) mass is 371 g/mol. The maximum absolute atomic E-state index is 12.6. The predicted octanol–water partition coefficient (Wildman–Crippen LogP) is 1.42. The van der Waals surface area contributed by atoms with Gasteiger partial charge >= 0.3 is 5.69 Å². The highest BCUT2D eigenvalue weighted by Gasteiger charge is 2.20. The van der Waals surface area contributed by atoms with Crippen LogP contribution in [0.1, 0.15) is 30.2 Å². The molecule has 2 aromatic heterocycles. The fraction of sp³-hybridized carbons (Fsp3) is 0.333. The van der Waals surface area contributed by atoms with Crippen molar-refractivity contribution < 1.29 is 14.3 Å². The van der Waals surface area contributed by atoms with Crippen molar-refractivity contribution in [3.05, 3.63) is 40.2 Å². The number of ether oxygens (including phenoxy) is 2. The number of hydrogen-bond acceptors (Lipinski definition) is 6. The minimum Gasteiger partial charge on any atom is -0.493 e. The molecule has 3 N–H and O–H groups in total. The summed E-state index contributed by atoms with van der Waals surface area (Å²) in [6.07, 6.45) is 0.543. The first-order chi connectivity index (χ1) is 12.8. The highest BCUT2D eigenvalue weighted by atomic mass is 16.5. The summed E-state index contributed by atoms with van der Waals surface area (Å²) < 4.78 is 11.9. The standard InChI is InChI=1S/C18H21N5O4/c1-9(2)7-13-20-14(16(19)24)15-17(21-13)23(18(25)22-15)10-5-6-11(26-3)12(8-10)27-4/h5-6,8-9H,7H2,1-4H3,(H2,19,24)(H,22,25). The smallest absolute Gasteiger partial charge is 0.332 e. The number of hydrogen-bond donors (Lipinski definition) is 2. The molecule has 0 fully saturated rings. The van der Waals surface area contributed by atoms with Crippen LogP contribution in [0.5, 0.6) is 11.5 Å². The van der Waals surface area contributed by atoms with Crippen LogP contribution >= 0.6 is 0 Å². The number of nitrogens with two attached hydrogens (primary N) is 1. The molecule has 142 valence electrons. The highest BCUT2D eigenvalue weighted by Crippen LogP contribution is 2.29. The third-order valence-electron chi connectivity index (χ3n) is 4.03. The Bertz CT molecular complexity index is 1070. The van der Waals surface area contributed by atoms with E-state index < -0.39 is 11.6 Å². The number of amides is 1. The third kappa shape index (κ3) is 3.35. The molecule has 9 nitrogen and oxygen atoms in total. The van der Waals surface area contributed by atoms with Crippen LogP contribution in [0.15, 0.2) is 23.0 Å². The molecule has 27 heavy (non-hydrogen) atoms. The average molecular weight is 371 g/mol. The summed E-state index contributed by atoms with van der Waals surface area (Å²) in [5, 5.41) is 0. The lowest BCUT2D eigenvalue weighted by molar-refractivity contribution is 0.0996. The largest absolute Gasteiger partial charge is 0.493 e. The molecular weight excluding hydrogens is 350 g/mol. The van der Waals surface area contributed by atoms with Crippen LogP contribution in [0.2, 0.25) is 0 Å². The zero-order valence-electron chi connectivity index (χ0n) is 15.6. The van der Waals surface area contributed by atoms with E-state index in [9.17, 15) is 9.59 Å². The molecule has 0 atom stereocenters. The number of primary amides is 1. The van der Waals surface area contributed by atoms with Gasteiger partial charge in [-0.25, -0.2) is 19.3 Å². The van der Waals surface area contributed by atoms with E-state index in [1.807, 2.05) is 13.8 Å². The fourth-order valence-electron chi connectivity index (χ4n) is 2.87. The van der Waals surface area contributed by atoms with Crippen molar-refractivity contribution in [1.29, 1.82) is 0 Å². The van der Waals surface area contributed by atoms with Gasteiger partial charge in [0, 0.05) is 12.5 Å². The van der Waals surface area contributed by atoms with Gasteiger partial charge in [0.25, 0.3) is 5.91 Å². The van der Waals surface area contributed by atoms with Crippen molar-refractivity contribution in [2.24, 2.45) is 11.7 Å². The molecule has 1 aromatic carbocycles. The predicted molar refractivity (Wildman–Crippen MR) is 99.6 cm³/mol. The van der Waals surface area contributed by atoms with E-state index >= 15 is 0 Å². The number of aromatic nitrogens is 4. The molecule has 3 rings (SSSR count). The van der Waals surface area contributed by atoms with Crippen molar-refractivity contribution in [2.45, 2.75) is 20.3 Å². The molecule has 2 heterocycles. The van der Waals surface area contributed by atoms with Gasteiger partial charge in [0.05, 0.1) is 19.9 Å². The zero-order valence-corrected chi connectivity index (χ0v) is 15.6. The van der Waals surface area contributed by atoms with Crippen molar-refractivity contribution in [3.8, 4) is 17.2 Å². The highest BCUT2D eigenvalue weighted by molar-refractivity contribution is 6.01. The van der Waals surface area contributed by atoms with E-state index in [0.717, 1.165) is 0 Å². The second-order valence-corrected chi connectivity index (χ2v) is 6.45. The van der Waals surface area contributed by atoms with E-state index in [1.165, 1.54) is 18.8 Å². The number of rotatable bonds is 6. The summed E-state index contributed by atoms with van der Waals surface area (Å²) in [6, 6.07) is 5.04. The lowest BCUT2D eigenvalue weighted by atomic mass is 10.1. The van der Waals surface area contributed by atoms with Gasteiger partial charge in [-0.1, -0.05) is 13.8 Å². The molecule has 0 bridgehead atoms. The first kappa shape index (κ1) is 18.4. The number of benzene rings is 1. The molecule has 0 saturated carbocycles. The van der Waals surface area contributed by atoms with Crippen LogP contribution in [0.4, 0.5) is 0 Å². The normalized spacial score (nSPS) is 11.1. The number of methoxy groups -OCH3 is 2. The number of nitrogens with zero attached hydrogens (tertiary/aromatic N) is 3. The number of aromatic amines is 1. The van der Waals surface area contributed by atoms with Crippen molar-refractivity contribution >= 4 is 17.1 Å². The summed E-state index contributed by atoms with van der Waals surface area (Å²) in [4.78, 5) is 35.8. The minimum atomic E-state index is -0.729. The van der Waals surface area contributed by atoms with Gasteiger partial charge in [-0.15, -0.1) is 0 Å². The first-order valence-electron chi connectivity index (χ1n) is 8.39. The van der Waals surface area contributed by atoms with Crippen molar-refractivity contribution in [1.82, 2.24) is 19.5 Å². The molecule has 0 aliphatic rings. The molecule has 0 saturated heterocycles. The second kappa shape index (κ2) is 7.10. The molecule has 9 heteroatoms. The summed E-state index contributed by atoms with van der Waals surface area (Å²) in [7, 11) is 3.04. The van der Waals surface area contributed by atoms with Gasteiger partial charge in [-0.2, -0.15) is 0 Å². The van der Waals surface area contributed by atoms with Crippen LogP contribution in [0, 0.1) is 5.92 Å². The SMILES string of the molecule is COc1ccc(-n2c(=O)[nH]c3c(C(N)=O)nc(CC(C)C)nc32)cc1OC. The van der Waals surface area contributed by atoms with Crippen LogP contribution in [-0.2, 0) is 6.42 Å². The molecule has 0 aliphatic carbocycles. The fourth-order valence-corrected chi connectivity index (χ4v) is 2.87. The van der Waals surface area contributed by atoms with E-state index in [2.05, 4.69) is 15.0 Å². The zero-order chi connectivity index (χ0) is 19.7. The number of H-pyrrole nitrogens is 1. The number of imidazole rings is 1. The molecule has 0 unspecified atom stereocenters. The maximum atomic E-state index is 12.6. The minimum absolute atomic E-state index is 0.00743. The molecule has 1 amide bonds. The van der Waals surface area contributed by atoms with Crippen molar-refractivity contribution in [2.75, 3.05) is 14.2 Å². The Kier molecular flexibility index (Phi) is 4.85. The quantitative estimate of drug-likeness (QED) is 0.675. The van der Waals surface area contributed by atoms with E-state index in [-0.39, 0.29) is 22.8 Å². The van der Waals surface area contributed by atoms with Gasteiger partial charge in [0.15, 0.2) is 22.8 Å². The van der Waals surface area contributed by atoms with E-state index in [0.29, 0.717) is 29.4 Å². The van der Waals surface area contributed by atoms with E-state index in [4.69, 9.17) is 15.2 Å². The first-order valence-corrected chi connectivity index (χ1v) is 8.39. The average Bonchev–Trinajstić information content (AvgIpc) is 2.95. The van der Waals surface area contributed by atoms with E-state index in [1.54, 1.807) is 18.2 Å². The lowest BCUT2D eigenvalue weighted by Gasteiger charge is -2.11. The van der Waals surface area contributed by atoms with Gasteiger partial charge in [-0.3, -0.25) is 4.79 Å². The molecule has 3 aromatic rings. The third-order valence-corrected chi connectivity index (χ3v) is 4.03. The molecule has 0 aliphatic heterocycles. The van der Waals surface area contributed by atoms with Crippen molar-refractivity contribution in [3.63, 3.8) is 0 Å². The summed E-state index contributed by atoms with van der Waals surface area (Å²) in [5.41, 5.74) is 5.99. The Morgan fingerprint density at radius 3 is 2.52 bits per heavy atom. The number of carbonyl (C=O) groups excluding carboxylic acids is 1. The van der Waals surface area contributed by atoms with Crippen LogP contribution in [0.3, 0.4) is 0 Å².